The van der Waals surface area contributed by atoms with E-state index >= 15 is 0 Å². The van der Waals surface area contributed by atoms with Crippen LogP contribution in [0.2, 0.25) is 0 Å². The van der Waals surface area contributed by atoms with Crippen molar-refractivity contribution in [1.29, 1.82) is 0 Å². The molecule has 0 fully saturated rings. The summed E-state index contributed by atoms with van der Waals surface area (Å²) in [4.78, 5) is 23.0. The van der Waals surface area contributed by atoms with Crippen molar-refractivity contribution in [2.45, 2.75) is 6.92 Å². The van der Waals surface area contributed by atoms with E-state index in [9.17, 15) is 4.79 Å². The van der Waals surface area contributed by atoms with E-state index in [-0.39, 0.29) is 11.5 Å². The maximum Gasteiger partial charge on any atom is 0.358 e. The van der Waals surface area contributed by atoms with Gasteiger partial charge in [-0.05, 0) is 25.1 Å². The lowest BCUT2D eigenvalue weighted by Crippen LogP contribution is -2.04. The van der Waals surface area contributed by atoms with Gasteiger partial charge in [0, 0.05) is 18.0 Å². The normalized spacial score (nSPS) is 10.3. The fourth-order valence-corrected chi connectivity index (χ4v) is 1.93. The molecule has 0 amide bonds. The average molecular weight is 339 g/mol. The van der Waals surface area contributed by atoms with Crippen molar-refractivity contribution < 1.29 is 19.4 Å². The number of carboxylic acids is 1. The Hall–Kier alpha value is -3.62. The monoisotopic (exact) mass is 339 g/mol. The van der Waals surface area contributed by atoms with Gasteiger partial charge in [0.1, 0.15) is 5.75 Å². The molecule has 0 saturated carbocycles. The summed E-state index contributed by atoms with van der Waals surface area (Å²) in [6.07, 6.45) is 5.75. The molecule has 3 heterocycles. The number of carboxylic acid groups (broad SMARTS) is 1. The zero-order chi connectivity index (χ0) is 17.6. The number of hydrogen-bond donors (Lipinski definition) is 1. The van der Waals surface area contributed by atoms with Crippen LogP contribution in [0.5, 0.6) is 17.4 Å². The van der Waals surface area contributed by atoms with Crippen molar-refractivity contribution in [3.63, 3.8) is 0 Å². The molecule has 3 aromatic rings. The summed E-state index contributed by atoms with van der Waals surface area (Å²) in [5.74, 6) is 0.264. The highest BCUT2D eigenvalue weighted by Crippen LogP contribution is 2.29. The number of pyridine rings is 2. The molecule has 0 spiro atoms. The maximum absolute atomic E-state index is 10.8. The molecule has 126 valence electrons. The van der Waals surface area contributed by atoms with E-state index in [2.05, 4.69) is 25.1 Å². The van der Waals surface area contributed by atoms with Gasteiger partial charge in [0.05, 0.1) is 19.0 Å². The van der Waals surface area contributed by atoms with Crippen LogP contribution in [0, 0.1) is 0 Å². The Labute approximate surface area is 142 Å². The van der Waals surface area contributed by atoms with E-state index < -0.39 is 5.97 Å². The van der Waals surface area contributed by atoms with Gasteiger partial charge in [-0.25, -0.2) is 14.8 Å². The number of carbonyl (C=O) groups is 1. The Balaban J connectivity index is 1.86. The summed E-state index contributed by atoms with van der Waals surface area (Å²) >= 11 is 0. The van der Waals surface area contributed by atoms with Gasteiger partial charge in [-0.15, -0.1) is 10.2 Å². The van der Waals surface area contributed by atoms with Gasteiger partial charge in [-0.3, -0.25) is 4.98 Å². The van der Waals surface area contributed by atoms with Crippen LogP contribution in [0.4, 0.5) is 0 Å². The van der Waals surface area contributed by atoms with Crippen molar-refractivity contribution in [2.24, 2.45) is 0 Å². The van der Waals surface area contributed by atoms with Crippen LogP contribution in [0.1, 0.15) is 17.4 Å². The van der Waals surface area contributed by atoms with Crippen molar-refractivity contribution in [2.75, 3.05) is 6.61 Å². The molecule has 3 rings (SSSR count). The average Bonchev–Trinajstić information content (AvgIpc) is 2.64. The first-order chi connectivity index (χ1) is 12.2. The predicted octanol–water partition coefficient (Wildman–Crippen LogP) is 2.22. The van der Waals surface area contributed by atoms with Crippen LogP contribution in [0.25, 0.3) is 11.4 Å². The summed E-state index contributed by atoms with van der Waals surface area (Å²) in [5, 5.41) is 16.2. The van der Waals surface area contributed by atoms with E-state index in [1.54, 1.807) is 24.4 Å². The zero-order valence-corrected chi connectivity index (χ0v) is 13.2. The van der Waals surface area contributed by atoms with E-state index in [0.717, 1.165) is 6.20 Å². The third-order valence-electron chi connectivity index (χ3n) is 3.00. The van der Waals surface area contributed by atoms with Crippen molar-refractivity contribution in [3.8, 4) is 28.8 Å². The van der Waals surface area contributed by atoms with Gasteiger partial charge in [-0.1, -0.05) is 0 Å². The first kappa shape index (κ1) is 16.2. The smallest absolute Gasteiger partial charge is 0.358 e. The lowest BCUT2D eigenvalue weighted by atomic mass is 10.2. The molecule has 0 saturated heterocycles. The lowest BCUT2D eigenvalue weighted by molar-refractivity contribution is 0.0688. The van der Waals surface area contributed by atoms with Crippen LogP contribution in [0.3, 0.4) is 0 Å². The molecule has 25 heavy (non-hydrogen) atoms. The molecule has 9 nitrogen and oxygen atoms in total. The maximum atomic E-state index is 10.8. The number of aromatic nitrogens is 5. The minimum atomic E-state index is -1.19. The van der Waals surface area contributed by atoms with Crippen molar-refractivity contribution >= 4 is 5.97 Å². The van der Waals surface area contributed by atoms with Crippen LogP contribution in [0.15, 0.2) is 43.0 Å². The Morgan fingerprint density at radius 1 is 1.20 bits per heavy atom. The van der Waals surface area contributed by atoms with Crippen LogP contribution in [-0.2, 0) is 0 Å². The minimum absolute atomic E-state index is 0.231. The summed E-state index contributed by atoms with van der Waals surface area (Å²) in [6.45, 7) is 2.35. The molecule has 0 radical (unpaired) electrons. The highest BCUT2D eigenvalue weighted by Gasteiger charge is 2.11. The number of hydrogen-bond acceptors (Lipinski definition) is 8. The molecular weight excluding hydrogens is 326 g/mol. The highest BCUT2D eigenvalue weighted by atomic mass is 16.5. The quantitative estimate of drug-likeness (QED) is 0.720. The summed E-state index contributed by atoms with van der Waals surface area (Å²) in [6, 6.07) is 5.14. The second-order valence-corrected chi connectivity index (χ2v) is 4.72. The molecule has 9 heteroatoms. The minimum Gasteiger partial charge on any atom is -0.488 e. The lowest BCUT2D eigenvalue weighted by Gasteiger charge is -2.10. The molecular formula is C16H13N5O4. The van der Waals surface area contributed by atoms with Gasteiger partial charge in [-0.2, -0.15) is 0 Å². The van der Waals surface area contributed by atoms with Gasteiger partial charge in [0.15, 0.2) is 17.3 Å². The Bertz CT molecular complexity index is 886. The topological polar surface area (TPSA) is 120 Å². The molecule has 0 bridgehead atoms. The molecule has 0 atom stereocenters. The fourth-order valence-electron chi connectivity index (χ4n) is 1.93. The number of rotatable bonds is 6. The number of aromatic carboxylic acids is 1. The van der Waals surface area contributed by atoms with Gasteiger partial charge >= 0.3 is 5.97 Å². The van der Waals surface area contributed by atoms with E-state index in [1.807, 2.05) is 6.92 Å². The molecule has 0 unspecified atom stereocenters. The van der Waals surface area contributed by atoms with E-state index in [0.29, 0.717) is 29.5 Å². The van der Waals surface area contributed by atoms with Crippen LogP contribution < -0.4 is 9.47 Å². The van der Waals surface area contributed by atoms with Gasteiger partial charge in [0.2, 0.25) is 0 Å². The Morgan fingerprint density at radius 2 is 2.08 bits per heavy atom. The number of ether oxygens (including phenoxy) is 2. The SMILES string of the molecule is CCOc1cccnc1Oc1cncc(-c2ncc(C(=O)O)nn2)c1. The first-order valence-corrected chi connectivity index (χ1v) is 7.31. The Kier molecular flexibility index (Phi) is 4.74. The molecule has 3 aromatic heterocycles. The second kappa shape index (κ2) is 7.30. The summed E-state index contributed by atoms with van der Waals surface area (Å²) in [7, 11) is 0. The molecule has 0 aliphatic rings. The van der Waals surface area contributed by atoms with E-state index in [1.165, 1.54) is 12.4 Å². The molecule has 0 aliphatic heterocycles. The second-order valence-electron chi connectivity index (χ2n) is 4.72. The highest BCUT2D eigenvalue weighted by molar-refractivity contribution is 5.84. The van der Waals surface area contributed by atoms with E-state index in [4.69, 9.17) is 14.6 Å². The Morgan fingerprint density at radius 3 is 2.80 bits per heavy atom. The third kappa shape index (κ3) is 3.83. The first-order valence-electron chi connectivity index (χ1n) is 7.31. The zero-order valence-electron chi connectivity index (χ0n) is 13.2. The predicted molar refractivity (Wildman–Crippen MR) is 85.5 cm³/mol. The molecule has 1 N–H and O–H groups in total. The summed E-state index contributed by atoms with van der Waals surface area (Å²) in [5.41, 5.74) is 0.287. The van der Waals surface area contributed by atoms with Gasteiger partial charge < -0.3 is 14.6 Å². The third-order valence-corrected chi connectivity index (χ3v) is 3.00. The van der Waals surface area contributed by atoms with Crippen LogP contribution >= 0.6 is 0 Å². The molecule has 0 aliphatic carbocycles. The molecule has 0 aromatic carbocycles. The van der Waals surface area contributed by atoms with Gasteiger partial charge in [0.25, 0.3) is 5.88 Å². The number of nitrogens with zero attached hydrogens (tertiary/aromatic N) is 5. The van der Waals surface area contributed by atoms with Crippen LogP contribution in [-0.4, -0.2) is 42.8 Å². The summed E-state index contributed by atoms with van der Waals surface area (Å²) < 4.78 is 11.2. The van der Waals surface area contributed by atoms with Crippen molar-refractivity contribution in [1.82, 2.24) is 25.1 Å². The standard InChI is InChI=1S/C16H13N5O4/c1-2-24-13-4-3-5-18-15(13)25-11-6-10(7-17-8-11)14-19-9-12(16(22)23)20-21-14/h3-9H,2H2,1H3,(H,22,23). The fraction of sp³-hybridized carbons (Fsp3) is 0.125. The largest absolute Gasteiger partial charge is 0.488 e. The van der Waals surface area contributed by atoms with Crippen molar-refractivity contribution in [3.05, 3.63) is 48.7 Å².